The fourth-order valence-electron chi connectivity index (χ4n) is 1.36. The predicted octanol–water partition coefficient (Wildman–Crippen LogP) is 1.55. The maximum atomic E-state index is 9.59. The zero-order chi connectivity index (χ0) is 10.7. The molecule has 2 rings (SSSR count). The first-order valence-corrected chi connectivity index (χ1v) is 4.74. The van der Waals surface area contributed by atoms with Crippen molar-refractivity contribution in [1.29, 1.82) is 0 Å². The molecule has 0 saturated heterocycles. The third kappa shape index (κ3) is 1.99. The van der Waals surface area contributed by atoms with E-state index in [1.54, 1.807) is 24.4 Å². The Kier molecular flexibility index (Phi) is 2.69. The lowest BCUT2D eigenvalue weighted by atomic mass is 10.2. The largest absolute Gasteiger partial charge is 0.507 e. The molecule has 1 heterocycles. The Labute approximate surface area is 87.4 Å². The Morgan fingerprint density at radius 1 is 1.33 bits per heavy atom. The van der Waals surface area contributed by atoms with E-state index < -0.39 is 0 Å². The summed E-state index contributed by atoms with van der Waals surface area (Å²) in [6.45, 7) is 0.501. The highest BCUT2D eigenvalue weighted by Gasteiger charge is 2.08. The summed E-state index contributed by atoms with van der Waals surface area (Å²) in [5, 5.41) is 9.59. The molecule has 0 unspecified atom stereocenters. The summed E-state index contributed by atoms with van der Waals surface area (Å²) in [5.41, 5.74) is 6.04. The monoisotopic (exact) mass is 204 g/mol. The molecule has 1 aromatic heterocycles. The minimum Gasteiger partial charge on any atom is -0.507 e. The van der Waals surface area contributed by atoms with Crippen LogP contribution in [0, 0.1) is 0 Å². The second-order valence-electron chi connectivity index (χ2n) is 3.17. The molecule has 0 aliphatic carbocycles. The molecule has 0 saturated carbocycles. The number of phenolic OH excluding ortho intramolecular Hbond substituents is 1. The Morgan fingerprint density at radius 3 is 2.87 bits per heavy atom. The van der Waals surface area contributed by atoms with Gasteiger partial charge in [0.1, 0.15) is 5.75 Å². The summed E-state index contributed by atoms with van der Waals surface area (Å²) in [6.07, 6.45) is 2.20. The van der Waals surface area contributed by atoms with Gasteiger partial charge in [-0.2, -0.15) is 0 Å². The number of aromatic nitrogens is 1. The van der Waals surface area contributed by atoms with Crippen molar-refractivity contribution in [2.24, 2.45) is 5.73 Å². The van der Waals surface area contributed by atoms with Crippen LogP contribution in [0.4, 0.5) is 0 Å². The van der Waals surface area contributed by atoms with E-state index in [1.165, 1.54) is 0 Å². The number of benzene rings is 1. The smallest absolute Gasteiger partial charge is 0.196 e. The molecule has 4 nitrogen and oxygen atoms in total. The average molecular weight is 204 g/mol. The highest BCUT2D eigenvalue weighted by atomic mass is 16.4. The zero-order valence-corrected chi connectivity index (χ0v) is 8.18. The van der Waals surface area contributed by atoms with Gasteiger partial charge in [-0.1, -0.05) is 12.1 Å². The topological polar surface area (TPSA) is 72.3 Å². The summed E-state index contributed by atoms with van der Waals surface area (Å²) in [4.78, 5) is 4.07. The highest BCUT2D eigenvalue weighted by Crippen LogP contribution is 2.28. The van der Waals surface area contributed by atoms with Crippen molar-refractivity contribution < 1.29 is 9.52 Å². The molecule has 15 heavy (non-hydrogen) atoms. The summed E-state index contributed by atoms with van der Waals surface area (Å²) in [6, 6.07) is 6.98. The second kappa shape index (κ2) is 4.14. The van der Waals surface area contributed by atoms with Crippen LogP contribution in [-0.4, -0.2) is 16.6 Å². The fraction of sp³-hybridized carbons (Fsp3) is 0.182. The SMILES string of the molecule is NCCc1ncc(-c2ccccc2O)o1. The number of para-hydroxylation sites is 1. The van der Waals surface area contributed by atoms with Gasteiger partial charge in [0.05, 0.1) is 11.8 Å². The summed E-state index contributed by atoms with van der Waals surface area (Å²) in [5.74, 6) is 1.35. The van der Waals surface area contributed by atoms with Crippen molar-refractivity contribution in [3.05, 3.63) is 36.4 Å². The lowest BCUT2D eigenvalue weighted by molar-refractivity contribution is 0.469. The van der Waals surface area contributed by atoms with Crippen molar-refractivity contribution in [2.75, 3.05) is 6.54 Å². The first-order valence-electron chi connectivity index (χ1n) is 4.74. The normalized spacial score (nSPS) is 10.5. The molecule has 0 aliphatic rings. The molecule has 0 atom stereocenters. The lowest BCUT2D eigenvalue weighted by Crippen LogP contribution is -2.02. The van der Waals surface area contributed by atoms with E-state index in [4.69, 9.17) is 10.2 Å². The van der Waals surface area contributed by atoms with Crippen molar-refractivity contribution in [3.63, 3.8) is 0 Å². The van der Waals surface area contributed by atoms with Crippen molar-refractivity contribution in [2.45, 2.75) is 6.42 Å². The van der Waals surface area contributed by atoms with Gasteiger partial charge in [0.2, 0.25) is 0 Å². The quantitative estimate of drug-likeness (QED) is 0.795. The van der Waals surface area contributed by atoms with Crippen LogP contribution in [0.15, 0.2) is 34.9 Å². The molecular formula is C11H12N2O2. The maximum Gasteiger partial charge on any atom is 0.196 e. The molecule has 2 aromatic rings. The second-order valence-corrected chi connectivity index (χ2v) is 3.17. The summed E-state index contributed by atoms with van der Waals surface area (Å²) >= 11 is 0. The van der Waals surface area contributed by atoms with Gasteiger partial charge in [0.15, 0.2) is 11.7 Å². The van der Waals surface area contributed by atoms with Gasteiger partial charge >= 0.3 is 0 Å². The third-order valence-electron chi connectivity index (χ3n) is 2.08. The average Bonchev–Trinajstić information content (AvgIpc) is 2.68. The Balaban J connectivity index is 2.33. The van der Waals surface area contributed by atoms with Gasteiger partial charge in [0.25, 0.3) is 0 Å². The molecule has 78 valence electrons. The van der Waals surface area contributed by atoms with E-state index in [9.17, 15) is 5.11 Å². The molecule has 0 bridgehead atoms. The molecule has 0 amide bonds. The molecule has 0 spiro atoms. The third-order valence-corrected chi connectivity index (χ3v) is 2.08. The number of nitrogens with two attached hydrogens (primary N) is 1. The van der Waals surface area contributed by atoms with Gasteiger partial charge in [-0.15, -0.1) is 0 Å². The number of oxazole rings is 1. The van der Waals surface area contributed by atoms with Crippen LogP contribution in [0.1, 0.15) is 5.89 Å². The van der Waals surface area contributed by atoms with Gasteiger partial charge in [-0.25, -0.2) is 4.98 Å². The summed E-state index contributed by atoms with van der Waals surface area (Å²) < 4.78 is 5.44. The van der Waals surface area contributed by atoms with Gasteiger partial charge < -0.3 is 15.3 Å². The maximum absolute atomic E-state index is 9.59. The number of phenols is 1. The Bertz CT molecular complexity index is 451. The van der Waals surface area contributed by atoms with Gasteiger partial charge in [-0.05, 0) is 12.1 Å². The van der Waals surface area contributed by atoms with E-state index in [0.717, 1.165) is 0 Å². The van der Waals surface area contributed by atoms with Crippen LogP contribution < -0.4 is 5.73 Å². The van der Waals surface area contributed by atoms with E-state index in [-0.39, 0.29) is 5.75 Å². The fourth-order valence-corrected chi connectivity index (χ4v) is 1.36. The lowest BCUT2D eigenvalue weighted by Gasteiger charge is -1.98. The van der Waals surface area contributed by atoms with Gasteiger partial charge in [-0.3, -0.25) is 0 Å². The summed E-state index contributed by atoms with van der Waals surface area (Å²) in [7, 11) is 0. The van der Waals surface area contributed by atoms with E-state index in [2.05, 4.69) is 4.98 Å². The first-order chi connectivity index (χ1) is 7.31. The molecule has 0 aliphatic heterocycles. The van der Waals surface area contributed by atoms with E-state index >= 15 is 0 Å². The van der Waals surface area contributed by atoms with Crippen molar-refractivity contribution in [1.82, 2.24) is 4.98 Å². The standard InChI is InChI=1S/C11H12N2O2/c12-6-5-11-13-7-10(15-11)8-3-1-2-4-9(8)14/h1-4,7,14H,5-6,12H2. The number of rotatable bonds is 3. The van der Waals surface area contributed by atoms with Crippen LogP contribution in [0.5, 0.6) is 5.75 Å². The first kappa shape index (κ1) is 9.73. The molecule has 3 N–H and O–H groups in total. The minimum atomic E-state index is 0.188. The highest BCUT2D eigenvalue weighted by molar-refractivity contribution is 5.64. The van der Waals surface area contributed by atoms with Crippen molar-refractivity contribution >= 4 is 0 Å². The van der Waals surface area contributed by atoms with E-state index in [0.29, 0.717) is 30.2 Å². The minimum absolute atomic E-state index is 0.188. The molecule has 0 radical (unpaired) electrons. The van der Waals surface area contributed by atoms with Crippen LogP contribution in [0.25, 0.3) is 11.3 Å². The number of hydrogen-bond acceptors (Lipinski definition) is 4. The number of nitrogens with zero attached hydrogens (tertiary/aromatic N) is 1. The van der Waals surface area contributed by atoms with Crippen LogP contribution >= 0.6 is 0 Å². The van der Waals surface area contributed by atoms with Gasteiger partial charge in [0, 0.05) is 13.0 Å². The zero-order valence-electron chi connectivity index (χ0n) is 8.18. The Morgan fingerprint density at radius 2 is 2.13 bits per heavy atom. The van der Waals surface area contributed by atoms with E-state index in [1.807, 2.05) is 6.07 Å². The Hall–Kier alpha value is -1.81. The van der Waals surface area contributed by atoms with Crippen molar-refractivity contribution in [3.8, 4) is 17.1 Å². The van der Waals surface area contributed by atoms with Crippen LogP contribution in [-0.2, 0) is 6.42 Å². The number of aromatic hydroxyl groups is 1. The van der Waals surface area contributed by atoms with Crippen LogP contribution in [0.3, 0.4) is 0 Å². The van der Waals surface area contributed by atoms with Crippen LogP contribution in [0.2, 0.25) is 0 Å². The molecular weight excluding hydrogens is 192 g/mol. The molecule has 1 aromatic carbocycles. The molecule has 4 heteroatoms. The predicted molar refractivity (Wildman–Crippen MR) is 56.4 cm³/mol. The molecule has 0 fully saturated rings. The number of hydrogen-bond donors (Lipinski definition) is 2.